The van der Waals surface area contributed by atoms with Crippen LogP contribution in [0.15, 0.2) is 36.4 Å². The lowest BCUT2D eigenvalue weighted by Gasteiger charge is -2.25. The second kappa shape index (κ2) is 5.05. The number of anilines is 1. The third-order valence-electron chi connectivity index (χ3n) is 4.01. The van der Waals surface area contributed by atoms with Crippen molar-refractivity contribution in [3.8, 4) is 0 Å². The molecule has 0 N–H and O–H groups in total. The van der Waals surface area contributed by atoms with Crippen LogP contribution < -0.4 is 4.90 Å². The molecule has 1 aliphatic heterocycles. The Balaban J connectivity index is 1.70. The number of imidazole rings is 1. The maximum absolute atomic E-state index is 13.1. The summed E-state index contributed by atoms with van der Waals surface area (Å²) in [4.78, 5) is 5.84. The Morgan fingerprint density at radius 3 is 2.73 bits per heavy atom. The van der Waals surface area contributed by atoms with Gasteiger partial charge in [-0.3, -0.25) is 0 Å². The molecule has 4 rings (SSSR count). The summed E-state index contributed by atoms with van der Waals surface area (Å²) in [6.45, 7) is 0.859. The summed E-state index contributed by atoms with van der Waals surface area (Å²) in [7, 11) is 0. The summed E-state index contributed by atoms with van der Waals surface area (Å²) in [5, 5.41) is 4.38. The van der Waals surface area contributed by atoms with E-state index in [4.69, 9.17) is 0 Å². The predicted molar refractivity (Wildman–Crippen MR) is 77.5 cm³/mol. The van der Waals surface area contributed by atoms with E-state index in [9.17, 15) is 8.78 Å². The minimum atomic E-state index is -0.666. The zero-order valence-electron chi connectivity index (χ0n) is 11.7. The molecule has 1 aliphatic rings. The van der Waals surface area contributed by atoms with Crippen LogP contribution in [-0.2, 0) is 0 Å². The molecular weight excluding hydrogens is 286 g/mol. The highest BCUT2D eigenvalue weighted by Crippen LogP contribution is 2.35. The fourth-order valence-corrected chi connectivity index (χ4v) is 3.01. The number of benzene rings is 1. The van der Waals surface area contributed by atoms with Crippen molar-refractivity contribution in [1.82, 2.24) is 14.6 Å². The number of hydrogen-bond acceptors (Lipinski definition) is 3. The molecule has 0 aliphatic carbocycles. The number of halogens is 2. The maximum atomic E-state index is 13.1. The lowest BCUT2D eigenvalue weighted by Crippen LogP contribution is -2.24. The van der Waals surface area contributed by atoms with Gasteiger partial charge in [-0.2, -0.15) is 9.37 Å². The Morgan fingerprint density at radius 1 is 1.09 bits per heavy atom. The van der Waals surface area contributed by atoms with Gasteiger partial charge in [0.1, 0.15) is 11.6 Å². The van der Waals surface area contributed by atoms with Crippen molar-refractivity contribution in [2.75, 3.05) is 11.4 Å². The van der Waals surface area contributed by atoms with Crippen LogP contribution in [0, 0.1) is 18.0 Å². The van der Waals surface area contributed by atoms with E-state index in [1.807, 2.05) is 6.07 Å². The minimum Gasteiger partial charge on any atom is -0.348 e. The molecule has 3 aromatic rings. The minimum absolute atomic E-state index is 0.152. The maximum Gasteiger partial charge on any atom is 0.243 e. The van der Waals surface area contributed by atoms with Crippen LogP contribution in [0.3, 0.4) is 0 Å². The first kappa shape index (κ1) is 13.2. The highest BCUT2D eigenvalue weighted by atomic mass is 19.1. The fourth-order valence-electron chi connectivity index (χ4n) is 3.01. The third kappa shape index (κ3) is 2.20. The number of aromatic nitrogens is 3. The van der Waals surface area contributed by atoms with Crippen LogP contribution in [0.4, 0.5) is 14.6 Å². The molecule has 1 radical (unpaired) electrons. The van der Waals surface area contributed by atoms with Crippen LogP contribution in [0.5, 0.6) is 0 Å². The molecule has 0 saturated carbocycles. The topological polar surface area (TPSA) is 33.4 Å². The molecule has 1 saturated heterocycles. The largest absolute Gasteiger partial charge is 0.348 e. The Morgan fingerprint density at radius 2 is 1.91 bits per heavy atom. The second-order valence-corrected chi connectivity index (χ2v) is 5.38. The summed E-state index contributed by atoms with van der Waals surface area (Å²) in [6, 6.07) is 10.3. The van der Waals surface area contributed by atoms with E-state index in [-0.39, 0.29) is 11.9 Å². The van der Waals surface area contributed by atoms with Gasteiger partial charge in [-0.15, -0.1) is 5.10 Å². The van der Waals surface area contributed by atoms with E-state index in [1.54, 1.807) is 18.2 Å². The van der Waals surface area contributed by atoms with Gasteiger partial charge in [0.15, 0.2) is 11.8 Å². The van der Waals surface area contributed by atoms with Crippen molar-refractivity contribution in [3.05, 3.63) is 59.9 Å². The van der Waals surface area contributed by atoms with Crippen molar-refractivity contribution in [2.24, 2.45) is 0 Å². The Kier molecular flexibility index (Phi) is 3.03. The molecule has 4 nitrogen and oxygen atoms in total. The Bertz CT molecular complexity index is 813. The monoisotopic (exact) mass is 299 g/mol. The van der Waals surface area contributed by atoms with Crippen molar-refractivity contribution in [1.29, 1.82) is 0 Å². The highest BCUT2D eigenvalue weighted by Gasteiger charge is 2.27. The predicted octanol–water partition coefficient (Wildman–Crippen LogP) is 3.15. The first-order valence-corrected chi connectivity index (χ1v) is 7.17. The van der Waals surface area contributed by atoms with Gasteiger partial charge in [0.2, 0.25) is 5.95 Å². The fraction of sp³-hybridized carbons (Fsp3) is 0.250. The van der Waals surface area contributed by atoms with Crippen LogP contribution in [0.25, 0.3) is 5.65 Å². The quantitative estimate of drug-likeness (QED) is 0.729. The zero-order valence-corrected chi connectivity index (χ0v) is 11.7. The average molecular weight is 299 g/mol. The molecular formula is C16H13F2N4. The molecule has 1 atom stereocenters. The molecule has 6 heteroatoms. The van der Waals surface area contributed by atoms with E-state index in [0.29, 0.717) is 5.65 Å². The molecule has 0 unspecified atom stereocenters. The lowest BCUT2D eigenvalue weighted by molar-refractivity contribution is 0.588. The van der Waals surface area contributed by atoms with E-state index < -0.39 is 5.95 Å². The molecule has 1 fully saturated rings. The molecule has 0 spiro atoms. The summed E-state index contributed by atoms with van der Waals surface area (Å²) in [5.74, 6) is -0.162. The van der Waals surface area contributed by atoms with Gasteiger partial charge in [0, 0.05) is 6.54 Å². The summed E-state index contributed by atoms with van der Waals surface area (Å²) in [6.07, 6.45) is 4.45. The average Bonchev–Trinajstić information content (AvgIpc) is 3.12. The lowest BCUT2D eigenvalue weighted by atomic mass is 10.0. The SMILES string of the molecule is Fc1ccc([C@H]2CCCN2c2ccc3nc(F)[c]n3n2)cc1. The van der Waals surface area contributed by atoms with Crippen LogP contribution >= 0.6 is 0 Å². The van der Waals surface area contributed by atoms with E-state index >= 15 is 0 Å². The number of fused-ring (bicyclic) bond motifs is 1. The van der Waals surface area contributed by atoms with E-state index in [0.717, 1.165) is 30.8 Å². The van der Waals surface area contributed by atoms with Gasteiger partial charge >= 0.3 is 0 Å². The highest BCUT2D eigenvalue weighted by molar-refractivity contribution is 5.48. The number of hydrogen-bond donors (Lipinski definition) is 0. The first-order valence-electron chi connectivity index (χ1n) is 7.17. The molecule has 2 aromatic heterocycles. The molecule has 3 heterocycles. The van der Waals surface area contributed by atoms with Gasteiger partial charge in [-0.05, 0) is 42.7 Å². The third-order valence-corrected chi connectivity index (χ3v) is 4.01. The van der Waals surface area contributed by atoms with E-state index in [1.165, 1.54) is 16.6 Å². The van der Waals surface area contributed by atoms with Gasteiger partial charge < -0.3 is 4.90 Å². The number of rotatable bonds is 2. The number of nitrogens with zero attached hydrogens (tertiary/aromatic N) is 4. The Labute approximate surface area is 126 Å². The first-order chi connectivity index (χ1) is 10.7. The van der Waals surface area contributed by atoms with Crippen LogP contribution in [0.1, 0.15) is 24.4 Å². The van der Waals surface area contributed by atoms with Crippen molar-refractivity contribution in [2.45, 2.75) is 18.9 Å². The standard InChI is InChI=1S/C16H13F2N4/c17-12-5-3-11(4-6-12)13-2-1-9-21(13)16-8-7-15-19-14(18)10-22(15)20-16/h3-8,13H,1-2,9H2/t13-/m1/s1. The van der Waals surface area contributed by atoms with Gasteiger partial charge in [0.25, 0.3) is 0 Å². The molecule has 0 amide bonds. The van der Waals surface area contributed by atoms with Crippen LogP contribution in [0.2, 0.25) is 0 Å². The zero-order chi connectivity index (χ0) is 15.1. The molecule has 22 heavy (non-hydrogen) atoms. The van der Waals surface area contributed by atoms with Gasteiger partial charge in [-0.1, -0.05) is 12.1 Å². The van der Waals surface area contributed by atoms with Crippen molar-refractivity contribution >= 4 is 11.5 Å². The summed E-state index contributed by atoms with van der Waals surface area (Å²) < 4.78 is 27.6. The van der Waals surface area contributed by atoms with Crippen molar-refractivity contribution < 1.29 is 8.78 Å². The van der Waals surface area contributed by atoms with Gasteiger partial charge in [0.05, 0.1) is 6.04 Å². The van der Waals surface area contributed by atoms with Gasteiger partial charge in [-0.25, -0.2) is 8.91 Å². The molecule has 1 aromatic carbocycles. The van der Waals surface area contributed by atoms with Crippen LogP contribution in [-0.4, -0.2) is 21.1 Å². The molecule has 111 valence electrons. The summed E-state index contributed by atoms with van der Waals surface area (Å²) in [5.41, 5.74) is 1.49. The molecule has 0 bridgehead atoms. The van der Waals surface area contributed by atoms with E-state index in [2.05, 4.69) is 21.2 Å². The summed E-state index contributed by atoms with van der Waals surface area (Å²) >= 11 is 0. The Hall–Kier alpha value is -2.50. The smallest absolute Gasteiger partial charge is 0.243 e. The second-order valence-electron chi connectivity index (χ2n) is 5.38. The normalized spacial score (nSPS) is 18.3. The van der Waals surface area contributed by atoms with Crippen molar-refractivity contribution in [3.63, 3.8) is 0 Å².